The molecule has 1 fully saturated rings. The van der Waals surface area contributed by atoms with Crippen LogP contribution in [0.25, 0.3) is 10.4 Å². The number of nitrogens with zero attached hydrogens (tertiary/aromatic N) is 3. The molecule has 0 bridgehead atoms. The predicted octanol–water partition coefficient (Wildman–Crippen LogP) is 3.91. The lowest BCUT2D eigenvalue weighted by Gasteiger charge is -2.31. The zero-order valence-electron chi connectivity index (χ0n) is 13.0. The highest BCUT2D eigenvalue weighted by molar-refractivity contribution is 7.15. The largest absolute Gasteiger partial charge is 0.298 e. The van der Waals surface area contributed by atoms with E-state index in [4.69, 9.17) is 0 Å². The highest BCUT2D eigenvalue weighted by Gasteiger charge is 2.23. The van der Waals surface area contributed by atoms with Gasteiger partial charge in [-0.3, -0.25) is 10.00 Å². The summed E-state index contributed by atoms with van der Waals surface area (Å²) in [5, 5.41) is 7.02. The first-order valence-corrected chi connectivity index (χ1v) is 8.92. The van der Waals surface area contributed by atoms with Gasteiger partial charge in [0, 0.05) is 28.8 Å². The molecule has 1 N–H and O–H groups in total. The molecule has 0 amide bonds. The van der Waals surface area contributed by atoms with Crippen LogP contribution in [-0.2, 0) is 6.54 Å². The molecule has 3 heterocycles. The Labute approximate surface area is 140 Å². The number of H-pyrrole nitrogens is 1. The molecular formula is C18H20N4S. The summed E-state index contributed by atoms with van der Waals surface area (Å²) >= 11 is 1.90. The van der Waals surface area contributed by atoms with Crippen molar-refractivity contribution in [2.24, 2.45) is 0 Å². The van der Waals surface area contributed by atoms with Crippen LogP contribution < -0.4 is 0 Å². The van der Waals surface area contributed by atoms with Crippen molar-refractivity contribution in [2.75, 3.05) is 13.1 Å². The second-order valence-corrected chi connectivity index (χ2v) is 7.25. The molecule has 0 radical (unpaired) electrons. The van der Waals surface area contributed by atoms with Crippen LogP contribution >= 0.6 is 11.3 Å². The average molecular weight is 324 g/mol. The van der Waals surface area contributed by atoms with Gasteiger partial charge in [0.15, 0.2) is 0 Å². The molecule has 1 atom stereocenters. The number of aromatic amines is 1. The van der Waals surface area contributed by atoms with E-state index >= 15 is 0 Å². The summed E-state index contributed by atoms with van der Waals surface area (Å²) in [6, 6.07) is 15.1. The molecule has 0 spiro atoms. The topological polar surface area (TPSA) is 44.8 Å². The quantitative estimate of drug-likeness (QED) is 0.791. The van der Waals surface area contributed by atoms with Crippen molar-refractivity contribution in [3.05, 3.63) is 59.5 Å². The fraction of sp³-hybridized carbons (Fsp3) is 0.333. The summed E-state index contributed by atoms with van der Waals surface area (Å²) in [5.74, 6) is 1.52. The third kappa shape index (κ3) is 3.35. The maximum absolute atomic E-state index is 4.33. The molecule has 4 rings (SSSR count). The van der Waals surface area contributed by atoms with Gasteiger partial charge in [-0.05, 0) is 37.1 Å². The molecule has 0 aliphatic carbocycles. The van der Waals surface area contributed by atoms with E-state index in [0.29, 0.717) is 5.92 Å². The molecule has 1 aliphatic rings. The Morgan fingerprint density at radius 2 is 2.09 bits per heavy atom. The van der Waals surface area contributed by atoms with E-state index in [1.54, 1.807) is 6.33 Å². The zero-order chi connectivity index (χ0) is 15.5. The molecular weight excluding hydrogens is 304 g/mol. The van der Waals surface area contributed by atoms with Crippen LogP contribution in [0.5, 0.6) is 0 Å². The Morgan fingerprint density at radius 3 is 2.91 bits per heavy atom. The maximum Gasteiger partial charge on any atom is 0.137 e. The molecule has 23 heavy (non-hydrogen) atoms. The second kappa shape index (κ2) is 6.64. The molecule has 1 aliphatic heterocycles. The van der Waals surface area contributed by atoms with Gasteiger partial charge in [0.2, 0.25) is 0 Å². The molecule has 1 saturated heterocycles. The lowest BCUT2D eigenvalue weighted by atomic mass is 9.97. The van der Waals surface area contributed by atoms with E-state index in [2.05, 4.69) is 62.5 Å². The smallest absolute Gasteiger partial charge is 0.137 e. The second-order valence-electron chi connectivity index (χ2n) is 6.08. The molecule has 2 aromatic heterocycles. The number of hydrogen-bond acceptors (Lipinski definition) is 4. The van der Waals surface area contributed by atoms with Gasteiger partial charge < -0.3 is 0 Å². The van der Waals surface area contributed by atoms with Crippen LogP contribution in [0.15, 0.2) is 48.8 Å². The Hall–Kier alpha value is -1.98. The van der Waals surface area contributed by atoms with E-state index in [-0.39, 0.29) is 0 Å². The van der Waals surface area contributed by atoms with Gasteiger partial charge in [-0.1, -0.05) is 30.3 Å². The number of aromatic nitrogens is 3. The fourth-order valence-corrected chi connectivity index (χ4v) is 4.33. The Balaban J connectivity index is 1.43. The number of rotatable bonds is 4. The predicted molar refractivity (Wildman–Crippen MR) is 93.4 cm³/mol. The van der Waals surface area contributed by atoms with Crippen molar-refractivity contribution in [1.82, 2.24) is 20.1 Å². The number of benzene rings is 1. The van der Waals surface area contributed by atoms with Gasteiger partial charge in [0.1, 0.15) is 12.2 Å². The van der Waals surface area contributed by atoms with E-state index in [1.165, 1.54) is 34.7 Å². The van der Waals surface area contributed by atoms with Crippen molar-refractivity contribution < 1.29 is 0 Å². The van der Waals surface area contributed by atoms with Crippen molar-refractivity contribution in [2.45, 2.75) is 25.3 Å². The Kier molecular flexibility index (Phi) is 4.22. The minimum atomic E-state index is 0.486. The summed E-state index contributed by atoms with van der Waals surface area (Å²) in [6.07, 6.45) is 4.04. The Bertz CT molecular complexity index is 735. The van der Waals surface area contributed by atoms with Gasteiger partial charge in [-0.2, -0.15) is 5.10 Å². The third-order valence-corrected chi connectivity index (χ3v) is 5.54. The minimum absolute atomic E-state index is 0.486. The van der Waals surface area contributed by atoms with Crippen LogP contribution in [0.2, 0.25) is 0 Å². The normalized spacial score (nSPS) is 19.0. The van der Waals surface area contributed by atoms with Gasteiger partial charge in [-0.25, -0.2) is 4.98 Å². The standard InChI is InChI=1S/C18H20N4S/c1-2-5-14(6-3-1)17-9-8-16(23-17)12-22-10-4-7-15(11-22)18-19-13-20-21-18/h1-3,5-6,8-9,13,15H,4,7,10-12H2,(H,19,20,21)/t15-/m0/s1. The minimum Gasteiger partial charge on any atom is -0.298 e. The summed E-state index contributed by atoms with van der Waals surface area (Å²) in [7, 11) is 0. The van der Waals surface area contributed by atoms with E-state index < -0.39 is 0 Å². The van der Waals surface area contributed by atoms with Crippen LogP contribution in [0.4, 0.5) is 0 Å². The summed E-state index contributed by atoms with van der Waals surface area (Å²) in [4.78, 5) is 9.66. The van der Waals surface area contributed by atoms with E-state index in [9.17, 15) is 0 Å². The number of hydrogen-bond donors (Lipinski definition) is 1. The number of piperidine rings is 1. The van der Waals surface area contributed by atoms with Crippen LogP contribution in [-0.4, -0.2) is 33.2 Å². The SMILES string of the molecule is c1ccc(-c2ccc(CN3CCC[C@H](c4ncn[nH]4)C3)s2)cc1. The van der Waals surface area contributed by atoms with Crippen LogP contribution in [0.3, 0.4) is 0 Å². The van der Waals surface area contributed by atoms with Crippen molar-refractivity contribution in [3.8, 4) is 10.4 Å². The summed E-state index contributed by atoms with van der Waals surface area (Å²) < 4.78 is 0. The summed E-state index contributed by atoms with van der Waals surface area (Å²) in [6.45, 7) is 3.26. The van der Waals surface area contributed by atoms with Crippen LogP contribution in [0, 0.1) is 0 Å². The maximum atomic E-state index is 4.33. The number of nitrogens with one attached hydrogen (secondary N) is 1. The molecule has 118 valence electrons. The van der Waals surface area contributed by atoms with Gasteiger partial charge in [0.05, 0.1) is 0 Å². The lowest BCUT2D eigenvalue weighted by Crippen LogP contribution is -2.34. The van der Waals surface area contributed by atoms with E-state index in [0.717, 1.165) is 18.9 Å². The van der Waals surface area contributed by atoms with Gasteiger partial charge >= 0.3 is 0 Å². The third-order valence-electron chi connectivity index (χ3n) is 4.43. The summed E-state index contributed by atoms with van der Waals surface area (Å²) in [5.41, 5.74) is 1.31. The fourth-order valence-electron chi connectivity index (χ4n) is 3.27. The molecule has 3 aromatic rings. The highest BCUT2D eigenvalue weighted by Crippen LogP contribution is 2.30. The molecule has 0 unspecified atom stereocenters. The first-order chi connectivity index (χ1) is 11.4. The zero-order valence-corrected chi connectivity index (χ0v) is 13.8. The number of thiophene rings is 1. The molecule has 4 nitrogen and oxygen atoms in total. The average Bonchev–Trinajstić information content (AvgIpc) is 3.28. The lowest BCUT2D eigenvalue weighted by molar-refractivity contribution is 0.198. The van der Waals surface area contributed by atoms with Gasteiger partial charge in [-0.15, -0.1) is 11.3 Å². The monoisotopic (exact) mass is 324 g/mol. The first-order valence-electron chi connectivity index (χ1n) is 8.10. The van der Waals surface area contributed by atoms with Crippen molar-refractivity contribution in [3.63, 3.8) is 0 Å². The highest BCUT2D eigenvalue weighted by atomic mass is 32.1. The first kappa shape index (κ1) is 14.6. The van der Waals surface area contributed by atoms with Crippen molar-refractivity contribution >= 4 is 11.3 Å². The van der Waals surface area contributed by atoms with Crippen LogP contribution in [0.1, 0.15) is 29.5 Å². The molecule has 5 heteroatoms. The molecule has 1 aromatic carbocycles. The van der Waals surface area contributed by atoms with Gasteiger partial charge in [0.25, 0.3) is 0 Å². The van der Waals surface area contributed by atoms with E-state index in [1.807, 2.05) is 11.3 Å². The number of likely N-dealkylation sites (tertiary alicyclic amines) is 1. The molecule has 0 saturated carbocycles. The Morgan fingerprint density at radius 1 is 1.17 bits per heavy atom. The van der Waals surface area contributed by atoms with Crippen molar-refractivity contribution in [1.29, 1.82) is 0 Å².